The van der Waals surface area contributed by atoms with Crippen molar-refractivity contribution in [1.82, 2.24) is 14.5 Å². The third-order valence-electron chi connectivity index (χ3n) is 4.46. The maximum absolute atomic E-state index is 13.3. The summed E-state index contributed by atoms with van der Waals surface area (Å²) in [6.07, 6.45) is 1.38. The zero-order valence-electron chi connectivity index (χ0n) is 16.8. The molecule has 1 aromatic carbocycles. The number of nitrogens with zero attached hydrogens (tertiary/aromatic N) is 4. The summed E-state index contributed by atoms with van der Waals surface area (Å²) < 4.78 is 1.74. The number of rotatable bonds is 4. The van der Waals surface area contributed by atoms with Gasteiger partial charge in [-0.05, 0) is 29.9 Å². The monoisotopic (exact) mass is 410 g/mol. The molecule has 3 rings (SSSR count). The lowest BCUT2D eigenvalue weighted by atomic mass is 9.95. The normalized spacial score (nSPS) is 12.6. The summed E-state index contributed by atoms with van der Waals surface area (Å²) in [5.74, 6) is 0.408. The summed E-state index contributed by atoms with van der Waals surface area (Å²) >= 11 is 6.33. The van der Waals surface area contributed by atoms with Crippen LogP contribution >= 0.6 is 11.6 Å². The second-order valence-electron chi connectivity index (χ2n) is 8.17. The minimum atomic E-state index is -0.316. The Kier molecular flexibility index (Phi) is 5.49. The van der Waals surface area contributed by atoms with Gasteiger partial charge in [0.05, 0.1) is 23.0 Å². The summed E-state index contributed by atoms with van der Waals surface area (Å²) in [4.78, 5) is 24.8. The van der Waals surface area contributed by atoms with E-state index in [4.69, 9.17) is 23.9 Å². The van der Waals surface area contributed by atoms with Crippen molar-refractivity contribution in [3.05, 3.63) is 62.9 Å². The second kappa shape index (κ2) is 7.72. The van der Waals surface area contributed by atoms with Crippen molar-refractivity contribution in [2.75, 3.05) is 11.1 Å². The molecule has 0 aliphatic rings. The smallest absolute Gasteiger partial charge is 0.260 e. The molecule has 150 valence electrons. The van der Waals surface area contributed by atoms with Crippen LogP contribution in [-0.4, -0.2) is 14.5 Å². The molecular weight excluding hydrogens is 388 g/mol. The molecule has 3 aromatic rings. The van der Waals surface area contributed by atoms with E-state index in [-0.39, 0.29) is 28.7 Å². The van der Waals surface area contributed by atoms with E-state index < -0.39 is 0 Å². The van der Waals surface area contributed by atoms with Gasteiger partial charge in [0.1, 0.15) is 5.82 Å². The van der Waals surface area contributed by atoms with Gasteiger partial charge in [0.15, 0.2) is 0 Å². The summed E-state index contributed by atoms with van der Waals surface area (Å²) in [7, 11) is 0. The molecule has 0 saturated carbocycles. The standard InChI is InChI=1S/C21H23ClN6O/c1-12(26-18-15(24-5)10-25-20(23)27-18)16-9-13-7-6-8-14(22)17(13)19(29)28(16)11-21(2,3)4/h6-10,12H,11H2,1-4H3,(H3,23,25,26,27)/t12-/m0/s1. The molecule has 7 nitrogen and oxygen atoms in total. The van der Waals surface area contributed by atoms with Crippen LogP contribution < -0.4 is 16.6 Å². The number of benzene rings is 1. The molecule has 2 heterocycles. The molecular formula is C21H23ClN6O. The Morgan fingerprint density at radius 3 is 2.76 bits per heavy atom. The number of pyridine rings is 1. The van der Waals surface area contributed by atoms with Crippen LogP contribution in [0.3, 0.4) is 0 Å². The van der Waals surface area contributed by atoms with E-state index in [9.17, 15) is 4.79 Å². The molecule has 2 aromatic heterocycles. The van der Waals surface area contributed by atoms with Crippen molar-refractivity contribution in [2.45, 2.75) is 40.3 Å². The molecule has 0 saturated heterocycles. The van der Waals surface area contributed by atoms with Gasteiger partial charge in [-0.2, -0.15) is 0 Å². The Morgan fingerprint density at radius 1 is 1.38 bits per heavy atom. The van der Waals surface area contributed by atoms with E-state index in [2.05, 4.69) is 40.9 Å². The van der Waals surface area contributed by atoms with Gasteiger partial charge in [0.2, 0.25) is 11.6 Å². The Bertz CT molecular complexity index is 1170. The predicted molar refractivity (Wildman–Crippen MR) is 117 cm³/mol. The fourth-order valence-corrected chi connectivity index (χ4v) is 3.49. The summed E-state index contributed by atoms with van der Waals surface area (Å²) in [5, 5.41) is 4.92. The SMILES string of the molecule is [C-]#[N+]c1cnc(N)nc1N[C@@H](C)c1cc2cccc(Cl)c2c(=O)n1CC(C)(C)C. The topological polar surface area (TPSA) is 90.2 Å². The first kappa shape index (κ1) is 20.6. The number of anilines is 2. The zero-order valence-corrected chi connectivity index (χ0v) is 17.6. The number of nitrogen functional groups attached to an aromatic ring is 1. The van der Waals surface area contributed by atoms with Crippen molar-refractivity contribution in [2.24, 2.45) is 5.41 Å². The van der Waals surface area contributed by atoms with Crippen LogP contribution in [-0.2, 0) is 6.54 Å². The Hall–Kier alpha value is -3.11. The number of nitrogens with one attached hydrogen (secondary N) is 1. The van der Waals surface area contributed by atoms with Gasteiger partial charge >= 0.3 is 0 Å². The highest BCUT2D eigenvalue weighted by Gasteiger charge is 2.21. The van der Waals surface area contributed by atoms with Gasteiger partial charge in [-0.25, -0.2) is 14.8 Å². The lowest BCUT2D eigenvalue weighted by Crippen LogP contribution is -2.31. The van der Waals surface area contributed by atoms with Gasteiger partial charge in [0.25, 0.3) is 5.56 Å². The molecule has 0 fully saturated rings. The van der Waals surface area contributed by atoms with Crippen LogP contribution in [0.25, 0.3) is 15.6 Å². The third kappa shape index (κ3) is 4.33. The minimum Gasteiger partial charge on any atom is -0.371 e. The molecule has 0 unspecified atom stereocenters. The first-order valence-corrected chi connectivity index (χ1v) is 9.57. The number of fused-ring (bicyclic) bond motifs is 1. The van der Waals surface area contributed by atoms with Crippen molar-refractivity contribution in [3.8, 4) is 0 Å². The largest absolute Gasteiger partial charge is 0.371 e. The summed E-state index contributed by atoms with van der Waals surface area (Å²) in [6.45, 7) is 16.0. The number of hydrogen-bond acceptors (Lipinski definition) is 5. The molecule has 29 heavy (non-hydrogen) atoms. The number of aromatic nitrogens is 3. The van der Waals surface area contributed by atoms with Gasteiger partial charge in [-0.15, -0.1) is 0 Å². The quantitative estimate of drug-likeness (QED) is 0.603. The lowest BCUT2D eigenvalue weighted by Gasteiger charge is -2.26. The van der Waals surface area contributed by atoms with Gasteiger partial charge in [-0.1, -0.05) is 44.5 Å². The number of hydrogen-bond donors (Lipinski definition) is 2. The van der Waals surface area contributed by atoms with Crippen molar-refractivity contribution in [1.29, 1.82) is 0 Å². The Morgan fingerprint density at radius 2 is 2.10 bits per heavy atom. The van der Waals surface area contributed by atoms with Crippen molar-refractivity contribution in [3.63, 3.8) is 0 Å². The fourth-order valence-electron chi connectivity index (χ4n) is 3.23. The van der Waals surface area contributed by atoms with Crippen LogP contribution in [0, 0.1) is 12.0 Å². The molecule has 1 atom stereocenters. The van der Waals surface area contributed by atoms with Crippen LogP contribution in [0.4, 0.5) is 17.5 Å². The molecule has 0 aliphatic heterocycles. The fraction of sp³-hybridized carbons (Fsp3) is 0.333. The molecule has 3 N–H and O–H groups in total. The van der Waals surface area contributed by atoms with E-state index in [0.29, 0.717) is 22.8 Å². The van der Waals surface area contributed by atoms with Crippen molar-refractivity contribution >= 4 is 39.8 Å². The predicted octanol–water partition coefficient (Wildman–Crippen LogP) is 4.80. The maximum Gasteiger partial charge on any atom is 0.260 e. The van der Waals surface area contributed by atoms with E-state index >= 15 is 0 Å². The number of nitrogens with two attached hydrogens (primary N) is 1. The van der Waals surface area contributed by atoms with E-state index in [1.54, 1.807) is 10.6 Å². The highest BCUT2D eigenvalue weighted by molar-refractivity contribution is 6.35. The first-order chi connectivity index (χ1) is 13.6. The van der Waals surface area contributed by atoms with Gasteiger partial charge < -0.3 is 15.6 Å². The van der Waals surface area contributed by atoms with Crippen molar-refractivity contribution < 1.29 is 0 Å². The second-order valence-corrected chi connectivity index (χ2v) is 8.57. The van der Waals surface area contributed by atoms with E-state index in [1.807, 2.05) is 25.1 Å². The minimum absolute atomic E-state index is 0.0736. The summed E-state index contributed by atoms with van der Waals surface area (Å²) in [6, 6.07) is 7.05. The molecule has 0 radical (unpaired) electrons. The average molecular weight is 411 g/mol. The highest BCUT2D eigenvalue weighted by atomic mass is 35.5. The molecule has 0 spiro atoms. The first-order valence-electron chi connectivity index (χ1n) is 9.19. The highest BCUT2D eigenvalue weighted by Crippen LogP contribution is 2.30. The maximum atomic E-state index is 13.3. The summed E-state index contributed by atoms with van der Waals surface area (Å²) in [5.41, 5.74) is 6.45. The molecule has 0 aliphatic carbocycles. The van der Waals surface area contributed by atoms with E-state index in [0.717, 1.165) is 11.1 Å². The molecule has 8 heteroatoms. The van der Waals surface area contributed by atoms with Crippen LogP contribution in [0.1, 0.15) is 39.4 Å². The van der Waals surface area contributed by atoms with Crippen LogP contribution in [0.2, 0.25) is 5.02 Å². The molecule has 0 bridgehead atoms. The van der Waals surface area contributed by atoms with Crippen LogP contribution in [0.5, 0.6) is 0 Å². The lowest BCUT2D eigenvalue weighted by molar-refractivity contribution is 0.332. The molecule has 0 amide bonds. The zero-order chi connectivity index (χ0) is 21.3. The Labute approximate surface area is 174 Å². The average Bonchev–Trinajstić information content (AvgIpc) is 2.63. The number of halogens is 1. The third-order valence-corrected chi connectivity index (χ3v) is 4.77. The van der Waals surface area contributed by atoms with Gasteiger partial charge in [-0.3, -0.25) is 4.79 Å². The Balaban J connectivity index is 2.17. The van der Waals surface area contributed by atoms with Gasteiger partial charge in [0, 0.05) is 18.4 Å². The van der Waals surface area contributed by atoms with Crippen LogP contribution in [0.15, 0.2) is 35.3 Å². The van der Waals surface area contributed by atoms with E-state index in [1.165, 1.54) is 6.20 Å².